The van der Waals surface area contributed by atoms with Crippen LogP contribution in [-0.2, 0) is 16.1 Å². The molecule has 6 heteroatoms. The van der Waals surface area contributed by atoms with Crippen LogP contribution in [0.15, 0.2) is 29.4 Å². The summed E-state index contributed by atoms with van der Waals surface area (Å²) in [6.45, 7) is 4.43. The maximum Gasteiger partial charge on any atom is 0.230 e. The molecule has 2 aromatic rings. The Morgan fingerprint density at radius 1 is 1.41 bits per heavy atom. The first-order valence-corrected chi connectivity index (χ1v) is 8.71. The van der Waals surface area contributed by atoms with Gasteiger partial charge in [0.15, 0.2) is 5.16 Å². The van der Waals surface area contributed by atoms with Crippen molar-refractivity contribution in [3.8, 4) is 0 Å². The molecule has 1 aromatic carbocycles. The number of aryl methyl sites for hydroxylation is 1. The molecule has 2 heterocycles. The van der Waals surface area contributed by atoms with Crippen LogP contribution in [0.1, 0.15) is 19.8 Å². The Kier molecular flexibility index (Phi) is 5.00. The molecule has 1 aliphatic rings. The second kappa shape index (κ2) is 7.15. The lowest BCUT2D eigenvalue weighted by atomic mass is 10.1. The lowest BCUT2D eigenvalue weighted by Gasteiger charge is -2.22. The Labute approximate surface area is 134 Å². The van der Waals surface area contributed by atoms with Crippen molar-refractivity contribution < 1.29 is 9.53 Å². The molecule has 3 rings (SSSR count). The molecule has 118 valence electrons. The van der Waals surface area contributed by atoms with E-state index in [0.29, 0.717) is 5.75 Å². The van der Waals surface area contributed by atoms with Crippen LogP contribution in [0.4, 0.5) is 0 Å². The van der Waals surface area contributed by atoms with Gasteiger partial charge in [0.05, 0.1) is 16.8 Å². The largest absolute Gasteiger partial charge is 0.381 e. The van der Waals surface area contributed by atoms with Gasteiger partial charge in [0, 0.05) is 25.8 Å². The molecule has 0 spiro atoms. The topological polar surface area (TPSA) is 56.2 Å². The van der Waals surface area contributed by atoms with Crippen LogP contribution < -0.4 is 5.32 Å². The van der Waals surface area contributed by atoms with Gasteiger partial charge in [-0.05, 0) is 31.9 Å². The minimum Gasteiger partial charge on any atom is -0.381 e. The van der Waals surface area contributed by atoms with E-state index < -0.39 is 0 Å². The first-order valence-electron chi connectivity index (χ1n) is 7.73. The number of imidazole rings is 1. The Morgan fingerprint density at radius 3 is 2.95 bits per heavy atom. The highest BCUT2D eigenvalue weighted by atomic mass is 32.2. The molecular formula is C16H21N3O2S. The fourth-order valence-corrected chi connectivity index (χ4v) is 3.60. The maximum atomic E-state index is 12.1. The average molecular weight is 319 g/mol. The number of nitrogens with one attached hydrogen (secondary N) is 1. The number of thioether (sulfide) groups is 1. The van der Waals surface area contributed by atoms with E-state index in [0.717, 1.165) is 48.8 Å². The van der Waals surface area contributed by atoms with E-state index in [1.165, 1.54) is 11.8 Å². The predicted molar refractivity (Wildman–Crippen MR) is 88.1 cm³/mol. The fraction of sp³-hybridized carbons (Fsp3) is 0.500. The summed E-state index contributed by atoms with van der Waals surface area (Å²) >= 11 is 1.50. The minimum atomic E-state index is 0.0756. The lowest BCUT2D eigenvalue weighted by molar-refractivity contribution is -0.119. The number of hydrogen-bond acceptors (Lipinski definition) is 4. The van der Waals surface area contributed by atoms with Crippen molar-refractivity contribution in [2.75, 3.05) is 19.0 Å². The summed E-state index contributed by atoms with van der Waals surface area (Å²) in [5.74, 6) is 0.479. The number of benzene rings is 1. The minimum absolute atomic E-state index is 0.0756. The van der Waals surface area contributed by atoms with Crippen molar-refractivity contribution in [2.24, 2.45) is 0 Å². The second-order valence-corrected chi connectivity index (χ2v) is 6.31. The highest BCUT2D eigenvalue weighted by molar-refractivity contribution is 7.99. The Bertz CT molecular complexity index is 650. The fourth-order valence-electron chi connectivity index (χ4n) is 2.71. The molecule has 1 aliphatic heterocycles. The zero-order chi connectivity index (χ0) is 15.4. The van der Waals surface area contributed by atoms with Gasteiger partial charge in [-0.2, -0.15) is 0 Å². The van der Waals surface area contributed by atoms with E-state index in [-0.39, 0.29) is 11.9 Å². The highest BCUT2D eigenvalue weighted by Gasteiger charge is 2.17. The van der Waals surface area contributed by atoms with E-state index >= 15 is 0 Å². The molecule has 1 saturated heterocycles. The molecule has 0 saturated carbocycles. The molecule has 0 radical (unpaired) electrons. The van der Waals surface area contributed by atoms with E-state index in [1.807, 2.05) is 18.2 Å². The number of fused-ring (bicyclic) bond motifs is 1. The molecule has 0 unspecified atom stereocenters. The third-order valence-electron chi connectivity index (χ3n) is 3.85. The smallest absolute Gasteiger partial charge is 0.230 e. The van der Waals surface area contributed by atoms with E-state index in [9.17, 15) is 4.79 Å². The third-order valence-corrected chi connectivity index (χ3v) is 4.83. The number of carbonyl (C=O) groups excluding carboxylic acids is 1. The van der Waals surface area contributed by atoms with Crippen molar-refractivity contribution in [1.29, 1.82) is 0 Å². The first-order chi connectivity index (χ1) is 10.8. The number of rotatable bonds is 5. The maximum absolute atomic E-state index is 12.1. The molecule has 0 bridgehead atoms. The summed E-state index contributed by atoms with van der Waals surface area (Å²) < 4.78 is 7.46. The first kappa shape index (κ1) is 15.4. The van der Waals surface area contributed by atoms with E-state index in [2.05, 4.69) is 27.9 Å². The molecular weight excluding hydrogens is 298 g/mol. The van der Waals surface area contributed by atoms with E-state index in [4.69, 9.17) is 4.74 Å². The molecule has 5 nitrogen and oxygen atoms in total. The van der Waals surface area contributed by atoms with Crippen LogP contribution in [0.25, 0.3) is 11.0 Å². The van der Waals surface area contributed by atoms with Crippen LogP contribution in [0.5, 0.6) is 0 Å². The van der Waals surface area contributed by atoms with Gasteiger partial charge >= 0.3 is 0 Å². The zero-order valence-electron chi connectivity index (χ0n) is 12.7. The normalized spacial score (nSPS) is 16.0. The van der Waals surface area contributed by atoms with Gasteiger partial charge < -0.3 is 14.6 Å². The molecule has 22 heavy (non-hydrogen) atoms. The van der Waals surface area contributed by atoms with Gasteiger partial charge in [0.2, 0.25) is 5.91 Å². The van der Waals surface area contributed by atoms with Crippen molar-refractivity contribution >= 4 is 28.7 Å². The third kappa shape index (κ3) is 3.44. The van der Waals surface area contributed by atoms with Crippen LogP contribution >= 0.6 is 11.8 Å². The Morgan fingerprint density at radius 2 is 2.18 bits per heavy atom. The van der Waals surface area contributed by atoms with Crippen molar-refractivity contribution in [3.05, 3.63) is 24.3 Å². The SMILES string of the molecule is CCn1c(SCC(=O)NC2CCOCC2)nc2ccccc21. The average Bonchev–Trinajstić information content (AvgIpc) is 2.91. The van der Waals surface area contributed by atoms with Gasteiger partial charge in [0.25, 0.3) is 0 Å². The van der Waals surface area contributed by atoms with E-state index in [1.54, 1.807) is 0 Å². The van der Waals surface area contributed by atoms with Gasteiger partial charge in [-0.15, -0.1) is 0 Å². The summed E-state index contributed by atoms with van der Waals surface area (Å²) in [5, 5.41) is 3.99. The summed E-state index contributed by atoms with van der Waals surface area (Å²) in [4.78, 5) is 16.7. The van der Waals surface area contributed by atoms with Crippen LogP contribution in [0.3, 0.4) is 0 Å². The molecule has 1 fully saturated rings. The summed E-state index contributed by atoms with van der Waals surface area (Å²) in [5.41, 5.74) is 2.11. The summed E-state index contributed by atoms with van der Waals surface area (Å²) in [7, 11) is 0. The molecule has 0 atom stereocenters. The van der Waals surface area contributed by atoms with Gasteiger partial charge in [-0.25, -0.2) is 4.98 Å². The number of hydrogen-bond donors (Lipinski definition) is 1. The lowest BCUT2D eigenvalue weighted by Crippen LogP contribution is -2.39. The molecule has 1 amide bonds. The number of carbonyl (C=O) groups is 1. The number of para-hydroxylation sites is 2. The van der Waals surface area contributed by atoms with Crippen LogP contribution in [0, 0.1) is 0 Å². The molecule has 1 aromatic heterocycles. The zero-order valence-corrected chi connectivity index (χ0v) is 13.6. The molecule has 1 N–H and O–H groups in total. The second-order valence-electron chi connectivity index (χ2n) is 5.37. The van der Waals surface area contributed by atoms with Crippen molar-refractivity contribution in [1.82, 2.24) is 14.9 Å². The highest BCUT2D eigenvalue weighted by Crippen LogP contribution is 2.23. The van der Waals surface area contributed by atoms with Crippen LogP contribution in [0.2, 0.25) is 0 Å². The quantitative estimate of drug-likeness (QED) is 0.860. The van der Waals surface area contributed by atoms with Crippen LogP contribution in [-0.4, -0.2) is 40.5 Å². The number of aromatic nitrogens is 2. The number of ether oxygens (including phenoxy) is 1. The van der Waals surface area contributed by atoms with Gasteiger partial charge in [0.1, 0.15) is 0 Å². The number of amides is 1. The monoisotopic (exact) mass is 319 g/mol. The van der Waals surface area contributed by atoms with Crippen molar-refractivity contribution in [2.45, 2.75) is 37.5 Å². The standard InChI is InChI=1S/C16H21N3O2S/c1-2-19-14-6-4-3-5-13(14)18-16(19)22-11-15(20)17-12-7-9-21-10-8-12/h3-6,12H,2,7-11H2,1H3,(H,17,20). The summed E-state index contributed by atoms with van der Waals surface area (Å²) in [6.07, 6.45) is 1.81. The van der Waals surface area contributed by atoms with Gasteiger partial charge in [-0.3, -0.25) is 4.79 Å². The van der Waals surface area contributed by atoms with Gasteiger partial charge in [-0.1, -0.05) is 23.9 Å². The van der Waals surface area contributed by atoms with Crippen molar-refractivity contribution in [3.63, 3.8) is 0 Å². The molecule has 0 aliphatic carbocycles. The Hall–Kier alpha value is -1.53. The number of nitrogens with zero attached hydrogens (tertiary/aromatic N) is 2. The predicted octanol–water partition coefficient (Wildman–Crippen LogP) is 2.44. The summed E-state index contributed by atoms with van der Waals surface area (Å²) in [6, 6.07) is 8.34. The Balaban J connectivity index is 1.62.